The van der Waals surface area contributed by atoms with Gasteiger partial charge in [-0.25, -0.2) is 0 Å². The highest BCUT2D eigenvalue weighted by atomic mass is 16.3. The minimum absolute atomic E-state index is 0.899. The number of rotatable bonds is 3. The summed E-state index contributed by atoms with van der Waals surface area (Å²) in [5, 5.41) is 4.78. The van der Waals surface area contributed by atoms with Gasteiger partial charge in [-0.1, -0.05) is 103 Å². The lowest BCUT2D eigenvalue weighted by Gasteiger charge is -2.09. The summed E-state index contributed by atoms with van der Waals surface area (Å²) in [5.41, 5.74) is 10.1. The molecule has 0 saturated heterocycles. The highest BCUT2D eigenvalue weighted by molar-refractivity contribution is 6.14. The van der Waals surface area contributed by atoms with E-state index in [1.165, 1.54) is 38.5 Å². The monoisotopic (exact) mass is 485 g/mol. The van der Waals surface area contributed by atoms with Crippen LogP contribution in [0.1, 0.15) is 0 Å². The first-order valence-corrected chi connectivity index (χ1v) is 12.9. The van der Waals surface area contributed by atoms with Crippen molar-refractivity contribution in [2.24, 2.45) is 0 Å². The Labute approximate surface area is 220 Å². The maximum Gasteiger partial charge on any atom is 0.137 e. The van der Waals surface area contributed by atoms with E-state index in [0.29, 0.717) is 0 Å². The molecule has 0 aliphatic rings. The topological polar surface area (TPSA) is 18.1 Å². The first-order chi connectivity index (χ1) is 18.8. The second-order valence-electron chi connectivity index (χ2n) is 9.78. The average Bonchev–Trinajstić information content (AvgIpc) is 3.53. The zero-order valence-electron chi connectivity index (χ0n) is 20.6. The van der Waals surface area contributed by atoms with Gasteiger partial charge in [0, 0.05) is 16.2 Å². The van der Waals surface area contributed by atoms with Crippen molar-refractivity contribution in [1.82, 2.24) is 4.57 Å². The molecule has 0 bridgehead atoms. The molecule has 2 heteroatoms. The Morgan fingerprint density at radius 1 is 0.395 bits per heavy atom. The van der Waals surface area contributed by atoms with Crippen LogP contribution in [-0.4, -0.2) is 4.57 Å². The molecule has 2 aromatic heterocycles. The third kappa shape index (κ3) is 3.14. The Morgan fingerprint density at radius 3 is 1.68 bits per heavy atom. The molecule has 38 heavy (non-hydrogen) atoms. The van der Waals surface area contributed by atoms with E-state index in [1.54, 1.807) is 0 Å². The average molecular weight is 486 g/mol. The van der Waals surface area contributed by atoms with Crippen LogP contribution in [0.2, 0.25) is 0 Å². The predicted octanol–water partition coefficient (Wildman–Crippen LogP) is 10.0. The second kappa shape index (κ2) is 8.22. The van der Waals surface area contributed by atoms with Crippen LogP contribution in [0.15, 0.2) is 144 Å². The van der Waals surface area contributed by atoms with E-state index in [-0.39, 0.29) is 0 Å². The summed E-state index contributed by atoms with van der Waals surface area (Å²) in [6, 6.07) is 49.4. The summed E-state index contributed by atoms with van der Waals surface area (Å²) < 4.78 is 8.83. The van der Waals surface area contributed by atoms with Gasteiger partial charge < -0.3 is 8.98 Å². The minimum Gasteiger partial charge on any atom is -0.456 e. The van der Waals surface area contributed by atoms with E-state index in [4.69, 9.17) is 4.42 Å². The summed E-state index contributed by atoms with van der Waals surface area (Å²) in [7, 11) is 0. The zero-order valence-corrected chi connectivity index (χ0v) is 20.6. The molecule has 2 heterocycles. The molecule has 0 unspecified atom stereocenters. The van der Waals surface area contributed by atoms with Gasteiger partial charge in [-0.3, -0.25) is 0 Å². The standard InChI is InChI=1S/C36H23NO/c1-2-9-24(10-3-1)25-17-19-26(20-18-25)27-21-22-30-35(23-27)38-34-16-8-15-33(36(30)34)37-31-13-6-4-11-28(31)29-12-5-7-14-32(29)37/h1-23H. The molecular formula is C36H23NO. The van der Waals surface area contributed by atoms with Gasteiger partial charge in [-0.15, -0.1) is 0 Å². The summed E-state index contributed by atoms with van der Waals surface area (Å²) in [4.78, 5) is 0. The molecule has 0 saturated carbocycles. The van der Waals surface area contributed by atoms with Gasteiger partial charge in [0.15, 0.2) is 0 Å². The molecule has 0 amide bonds. The maximum atomic E-state index is 6.46. The van der Waals surface area contributed by atoms with Gasteiger partial charge in [0.2, 0.25) is 0 Å². The summed E-state index contributed by atoms with van der Waals surface area (Å²) in [6.07, 6.45) is 0. The van der Waals surface area contributed by atoms with Gasteiger partial charge in [-0.05, 0) is 58.7 Å². The molecule has 8 aromatic rings. The van der Waals surface area contributed by atoms with Crippen LogP contribution in [-0.2, 0) is 0 Å². The first-order valence-electron chi connectivity index (χ1n) is 12.9. The largest absolute Gasteiger partial charge is 0.456 e. The summed E-state index contributed by atoms with van der Waals surface area (Å²) >= 11 is 0. The van der Waals surface area contributed by atoms with Crippen LogP contribution in [0, 0.1) is 0 Å². The number of furan rings is 1. The normalized spacial score (nSPS) is 11.7. The Hall–Kier alpha value is -5.08. The van der Waals surface area contributed by atoms with Crippen LogP contribution >= 0.6 is 0 Å². The molecule has 0 N–H and O–H groups in total. The van der Waals surface area contributed by atoms with E-state index >= 15 is 0 Å². The molecule has 0 radical (unpaired) electrons. The molecule has 6 aromatic carbocycles. The molecule has 0 atom stereocenters. The van der Waals surface area contributed by atoms with Gasteiger partial charge >= 0.3 is 0 Å². The second-order valence-corrected chi connectivity index (χ2v) is 9.78. The van der Waals surface area contributed by atoms with Gasteiger partial charge in [-0.2, -0.15) is 0 Å². The number of hydrogen-bond acceptors (Lipinski definition) is 1. The fourth-order valence-corrected chi connectivity index (χ4v) is 5.84. The Kier molecular flexibility index (Phi) is 4.55. The molecule has 178 valence electrons. The number of aromatic nitrogens is 1. The predicted molar refractivity (Wildman–Crippen MR) is 159 cm³/mol. The quantitative estimate of drug-likeness (QED) is 0.243. The molecule has 0 aliphatic carbocycles. The molecule has 0 aliphatic heterocycles. The smallest absolute Gasteiger partial charge is 0.137 e. The van der Waals surface area contributed by atoms with Gasteiger partial charge in [0.25, 0.3) is 0 Å². The van der Waals surface area contributed by atoms with Gasteiger partial charge in [0.1, 0.15) is 11.2 Å². The minimum atomic E-state index is 0.899. The lowest BCUT2D eigenvalue weighted by atomic mass is 9.99. The number of hydrogen-bond donors (Lipinski definition) is 0. The Bertz CT molecular complexity index is 2060. The van der Waals surface area contributed by atoms with Crippen molar-refractivity contribution in [3.8, 4) is 27.9 Å². The van der Waals surface area contributed by atoms with Crippen molar-refractivity contribution in [3.63, 3.8) is 0 Å². The van der Waals surface area contributed by atoms with Crippen molar-refractivity contribution in [3.05, 3.63) is 140 Å². The molecule has 0 fully saturated rings. The van der Waals surface area contributed by atoms with Crippen molar-refractivity contribution in [2.45, 2.75) is 0 Å². The molecule has 2 nitrogen and oxygen atoms in total. The van der Waals surface area contributed by atoms with Crippen molar-refractivity contribution >= 4 is 43.7 Å². The van der Waals surface area contributed by atoms with Crippen molar-refractivity contribution in [1.29, 1.82) is 0 Å². The van der Waals surface area contributed by atoms with Gasteiger partial charge in [0.05, 0.1) is 22.1 Å². The third-order valence-electron chi connectivity index (χ3n) is 7.62. The highest BCUT2D eigenvalue weighted by Crippen LogP contribution is 2.39. The van der Waals surface area contributed by atoms with Crippen LogP contribution in [0.3, 0.4) is 0 Å². The van der Waals surface area contributed by atoms with Crippen LogP contribution in [0.4, 0.5) is 0 Å². The van der Waals surface area contributed by atoms with Crippen LogP contribution < -0.4 is 0 Å². The Balaban J connectivity index is 1.30. The zero-order chi connectivity index (χ0) is 25.1. The maximum absolute atomic E-state index is 6.46. The van der Waals surface area contributed by atoms with E-state index in [9.17, 15) is 0 Å². The number of fused-ring (bicyclic) bond motifs is 6. The van der Waals surface area contributed by atoms with E-state index in [1.807, 2.05) is 6.07 Å². The number of benzene rings is 6. The molecule has 8 rings (SSSR count). The summed E-state index contributed by atoms with van der Waals surface area (Å²) in [5.74, 6) is 0. The Morgan fingerprint density at radius 2 is 0.974 bits per heavy atom. The van der Waals surface area contributed by atoms with Crippen molar-refractivity contribution in [2.75, 3.05) is 0 Å². The SMILES string of the molecule is c1ccc(-c2ccc(-c3ccc4c(c3)oc3cccc(-n5c6ccccc6c6ccccc65)c34)cc2)cc1. The molecular weight excluding hydrogens is 462 g/mol. The lowest BCUT2D eigenvalue weighted by Crippen LogP contribution is -1.94. The summed E-state index contributed by atoms with van der Waals surface area (Å²) in [6.45, 7) is 0. The van der Waals surface area contributed by atoms with Crippen molar-refractivity contribution < 1.29 is 4.42 Å². The third-order valence-corrected chi connectivity index (χ3v) is 7.62. The van der Waals surface area contributed by atoms with Crippen LogP contribution in [0.25, 0.3) is 71.7 Å². The fourth-order valence-electron chi connectivity index (χ4n) is 5.84. The number of para-hydroxylation sites is 2. The van der Waals surface area contributed by atoms with Crippen LogP contribution in [0.5, 0.6) is 0 Å². The van der Waals surface area contributed by atoms with E-state index in [2.05, 4.69) is 138 Å². The first kappa shape index (κ1) is 21.0. The lowest BCUT2D eigenvalue weighted by molar-refractivity contribution is 0.669. The fraction of sp³-hybridized carbons (Fsp3) is 0. The highest BCUT2D eigenvalue weighted by Gasteiger charge is 2.17. The number of nitrogens with zero attached hydrogens (tertiary/aromatic N) is 1. The molecule has 0 spiro atoms. The van der Waals surface area contributed by atoms with E-state index < -0.39 is 0 Å². The van der Waals surface area contributed by atoms with E-state index in [0.717, 1.165) is 33.2 Å².